The number of nitrogens with zero attached hydrogens (tertiary/aromatic N) is 1. The summed E-state index contributed by atoms with van der Waals surface area (Å²) < 4.78 is 5.75. The summed E-state index contributed by atoms with van der Waals surface area (Å²) >= 11 is 0. The molecule has 0 saturated carbocycles. The first-order valence-electron chi connectivity index (χ1n) is 8.18. The van der Waals surface area contributed by atoms with E-state index in [9.17, 15) is 0 Å². The van der Waals surface area contributed by atoms with Gasteiger partial charge in [0.05, 0.1) is 6.10 Å². The van der Waals surface area contributed by atoms with Crippen LogP contribution >= 0.6 is 0 Å². The Morgan fingerprint density at radius 1 is 1.24 bits per heavy atom. The Hall–Kier alpha value is -1.06. The standard InChI is InChI=1S/C18H30N2O/c1-5-20(14-17-7-6-12-21-17)16-10-8-15(9-11-16)13-19-18(2,3)4/h8-11,17,19H,5-7,12-14H2,1-4H3. The maximum Gasteiger partial charge on any atom is 0.0750 e. The number of hydrogen-bond acceptors (Lipinski definition) is 3. The van der Waals surface area contributed by atoms with Crippen LogP contribution in [0.2, 0.25) is 0 Å². The van der Waals surface area contributed by atoms with E-state index >= 15 is 0 Å². The minimum absolute atomic E-state index is 0.161. The number of benzene rings is 1. The van der Waals surface area contributed by atoms with Crippen molar-refractivity contribution in [2.75, 3.05) is 24.6 Å². The molecule has 118 valence electrons. The third-order valence-corrected chi connectivity index (χ3v) is 3.95. The lowest BCUT2D eigenvalue weighted by atomic mass is 10.1. The van der Waals surface area contributed by atoms with Crippen LogP contribution in [-0.2, 0) is 11.3 Å². The summed E-state index contributed by atoms with van der Waals surface area (Å²) in [4.78, 5) is 2.41. The van der Waals surface area contributed by atoms with Crippen molar-refractivity contribution < 1.29 is 4.74 Å². The highest BCUT2D eigenvalue weighted by atomic mass is 16.5. The zero-order valence-electron chi connectivity index (χ0n) is 14.0. The van der Waals surface area contributed by atoms with E-state index in [2.05, 4.69) is 62.2 Å². The average Bonchev–Trinajstić information content (AvgIpc) is 2.95. The number of nitrogens with one attached hydrogen (secondary N) is 1. The molecule has 1 heterocycles. The average molecular weight is 290 g/mol. The first-order chi connectivity index (χ1) is 9.98. The fourth-order valence-corrected chi connectivity index (χ4v) is 2.64. The van der Waals surface area contributed by atoms with E-state index in [0.717, 1.165) is 26.2 Å². The largest absolute Gasteiger partial charge is 0.376 e. The topological polar surface area (TPSA) is 24.5 Å². The summed E-state index contributed by atoms with van der Waals surface area (Å²) in [5, 5.41) is 3.53. The molecular weight excluding hydrogens is 260 g/mol. The third kappa shape index (κ3) is 5.33. The molecule has 1 N–H and O–H groups in total. The maximum absolute atomic E-state index is 5.75. The highest BCUT2D eigenvalue weighted by molar-refractivity contribution is 5.47. The van der Waals surface area contributed by atoms with Crippen molar-refractivity contribution in [3.63, 3.8) is 0 Å². The molecule has 2 rings (SSSR count). The Morgan fingerprint density at radius 3 is 2.48 bits per heavy atom. The van der Waals surface area contributed by atoms with Gasteiger partial charge < -0.3 is 15.0 Å². The second-order valence-corrected chi connectivity index (χ2v) is 6.94. The Balaban J connectivity index is 1.92. The van der Waals surface area contributed by atoms with Gasteiger partial charge in [0.1, 0.15) is 0 Å². The van der Waals surface area contributed by atoms with Crippen LogP contribution in [0.15, 0.2) is 24.3 Å². The summed E-state index contributed by atoms with van der Waals surface area (Å²) in [5.74, 6) is 0. The molecule has 0 bridgehead atoms. The smallest absolute Gasteiger partial charge is 0.0750 e. The molecule has 1 atom stereocenters. The monoisotopic (exact) mass is 290 g/mol. The van der Waals surface area contributed by atoms with Crippen LogP contribution in [0.4, 0.5) is 5.69 Å². The van der Waals surface area contributed by atoms with Gasteiger partial charge in [-0.05, 0) is 58.2 Å². The first-order valence-corrected chi connectivity index (χ1v) is 8.18. The first kappa shape index (κ1) is 16.3. The normalized spacial score (nSPS) is 19.0. The molecule has 1 aliphatic heterocycles. The Kier molecular flexibility index (Phi) is 5.65. The summed E-state index contributed by atoms with van der Waals surface area (Å²) in [5.41, 5.74) is 2.79. The molecule has 0 radical (unpaired) electrons. The van der Waals surface area contributed by atoms with Crippen molar-refractivity contribution in [2.24, 2.45) is 0 Å². The number of likely N-dealkylation sites (N-methyl/N-ethyl adjacent to an activating group) is 1. The van der Waals surface area contributed by atoms with Gasteiger partial charge in [0.25, 0.3) is 0 Å². The molecule has 21 heavy (non-hydrogen) atoms. The summed E-state index contributed by atoms with van der Waals surface area (Å²) in [6.07, 6.45) is 2.82. The minimum atomic E-state index is 0.161. The molecule has 0 spiro atoms. The van der Waals surface area contributed by atoms with E-state index in [1.807, 2.05) is 0 Å². The van der Waals surface area contributed by atoms with Crippen molar-refractivity contribution >= 4 is 5.69 Å². The SMILES string of the molecule is CCN(CC1CCCO1)c1ccc(CNC(C)(C)C)cc1. The van der Waals surface area contributed by atoms with Crippen molar-refractivity contribution in [2.45, 2.75) is 58.7 Å². The fraction of sp³-hybridized carbons (Fsp3) is 0.667. The summed E-state index contributed by atoms with van der Waals surface area (Å²) in [7, 11) is 0. The van der Waals surface area contributed by atoms with Gasteiger partial charge in [-0.15, -0.1) is 0 Å². The van der Waals surface area contributed by atoms with Crippen LogP contribution in [0, 0.1) is 0 Å². The second kappa shape index (κ2) is 7.28. The molecule has 3 nitrogen and oxygen atoms in total. The van der Waals surface area contributed by atoms with Crippen molar-refractivity contribution in [1.82, 2.24) is 5.32 Å². The third-order valence-electron chi connectivity index (χ3n) is 3.95. The molecule has 0 amide bonds. The van der Waals surface area contributed by atoms with Crippen molar-refractivity contribution in [3.05, 3.63) is 29.8 Å². The van der Waals surface area contributed by atoms with E-state index in [0.29, 0.717) is 6.10 Å². The maximum atomic E-state index is 5.75. The lowest BCUT2D eigenvalue weighted by Gasteiger charge is -2.26. The van der Waals surface area contributed by atoms with Crippen LogP contribution in [-0.4, -0.2) is 31.3 Å². The summed E-state index contributed by atoms with van der Waals surface area (Å²) in [6.45, 7) is 12.7. The van der Waals surface area contributed by atoms with Crippen LogP contribution in [0.25, 0.3) is 0 Å². The van der Waals surface area contributed by atoms with Crippen molar-refractivity contribution in [1.29, 1.82) is 0 Å². The molecule has 3 heteroatoms. The van der Waals surface area contributed by atoms with Gasteiger partial charge in [-0.2, -0.15) is 0 Å². The lowest BCUT2D eigenvalue weighted by molar-refractivity contribution is 0.115. The highest BCUT2D eigenvalue weighted by Gasteiger charge is 2.18. The molecule has 1 aromatic rings. The molecular formula is C18H30N2O. The van der Waals surface area contributed by atoms with Gasteiger partial charge in [-0.25, -0.2) is 0 Å². The van der Waals surface area contributed by atoms with Gasteiger partial charge in [-0.1, -0.05) is 12.1 Å². The number of anilines is 1. The predicted molar refractivity (Wildman–Crippen MR) is 89.9 cm³/mol. The Morgan fingerprint density at radius 2 is 1.95 bits per heavy atom. The van der Waals surface area contributed by atoms with Gasteiger partial charge in [0, 0.05) is 37.5 Å². The van der Waals surface area contributed by atoms with Crippen LogP contribution in [0.5, 0.6) is 0 Å². The van der Waals surface area contributed by atoms with Crippen LogP contribution < -0.4 is 10.2 Å². The van der Waals surface area contributed by atoms with Crippen molar-refractivity contribution in [3.8, 4) is 0 Å². The number of ether oxygens (including phenoxy) is 1. The van der Waals surface area contributed by atoms with E-state index in [4.69, 9.17) is 4.74 Å². The van der Waals surface area contributed by atoms with Gasteiger partial charge in [0.15, 0.2) is 0 Å². The van der Waals surface area contributed by atoms with E-state index < -0.39 is 0 Å². The van der Waals surface area contributed by atoms with Crippen LogP contribution in [0.1, 0.15) is 46.1 Å². The van der Waals surface area contributed by atoms with Crippen LogP contribution in [0.3, 0.4) is 0 Å². The number of hydrogen-bond donors (Lipinski definition) is 1. The predicted octanol–water partition coefficient (Wildman–Crippen LogP) is 3.58. The Labute approximate surface area is 129 Å². The second-order valence-electron chi connectivity index (χ2n) is 6.94. The molecule has 1 aliphatic rings. The molecule has 0 aromatic heterocycles. The van der Waals surface area contributed by atoms with E-state index in [1.165, 1.54) is 24.1 Å². The number of rotatable bonds is 6. The van der Waals surface area contributed by atoms with Gasteiger partial charge >= 0.3 is 0 Å². The van der Waals surface area contributed by atoms with E-state index in [-0.39, 0.29) is 5.54 Å². The van der Waals surface area contributed by atoms with Gasteiger partial charge in [0.2, 0.25) is 0 Å². The molecule has 1 saturated heterocycles. The molecule has 0 aliphatic carbocycles. The fourth-order valence-electron chi connectivity index (χ4n) is 2.64. The molecule has 1 fully saturated rings. The lowest BCUT2D eigenvalue weighted by Crippen LogP contribution is -2.35. The minimum Gasteiger partial charge on any atom is -0.376 e. The molecule has 1 unspecified atom stereocenters. The van der Waals surface area contributed by atoms with Gasteiger partial charge in [-0.3, -0.25) is 0 Å². The highest BCUT2D eigenvalue weighted by Crippen LogP contribution is 2.20. The Bertz CT molecular complexity index is 416. The zero-order valence-corrected chi connectivity index (χ0v) is 14.0. The molecule has 1 aromatic carbocycles. The summed E-state index contributed by atoms with van der Waals surface area (Å²) in [6, 6.07) is 8.93. The van der Waals surface area contributed by atoms with E-state index in [1.54, 1.807) is 0 Å². The quantitative estimate of drug-likeness (QED) is 0.866. The zero-order chi connectivity index (χ0) is 15.3.